The molecular formula is C22H18N2O. The fraction of sp³-hybridized carbons (Fsp3) is 0.0909. The first kappa shape index (κ1) is 15.3. The molecule has 0 atom stereocenters. The monoisotopic (exact) mass is 326 g/mol. The molecule has 0 fully saturated rings. The van der Waals surface area contributed by atoms with Crippen LogP contribution in [0.5, 0.6) is 5.75 Å². The number of rotatable bonds is 5. The fourth-order valence-electron chi connectivity index (χ4n) is 2.85. The third-order valence-electron chi connectivity index (χ3n) is 4.19. The second kappa shape index (κ2) is 7.14. The number of ether oxygens (including phenoxy) is 1. The zero-order valence-electron chi connectivity index (χ0n) is 13.8. The maximum atomic E-state index is 5.89. The van der Waals surface area contributed by atoms with Gasteiger partial charge in [-0.1, -0.05) is 42.5 Å². The molecule has 0 unspecified atom stereocenters. The summed E-state index contributed by atoms with van der Waals surface area (Å²) < 4.78 is 5.89. The number of benzene rings is 2. The predicted octanol–water partition coefficient (Wildman–Crippen LogP) is 4.92. The molecule has 0 saturated carbocycles. The van der Waals surface area contributed by atoms with Gasteiger partial charge in [-0.25, -0.2) is 0 Å². The highest BCUT2D eigenvalue weighted by Gasteiger charge is 2.03. The van der Waals surface area contributed by atoms with Crippen molar-refractivity contribution in [1.82, 2.24) is 9.97 Å². The van der Waals surface area contributed by atoms with E-state index in [9.17, 15) is 0 Å². The van der Waals surface area contributed by atoms with Gasteiger partial charge >= 0.3 is 0 Å². The Balaban J connectivity index is 1.50. The van der Waals surface area contributed by atoms with Gasteiger partial charge in [0.2, 0.25) is 0 Å². The SMILES string of the molecule is c1ccc(CCOc2cncc(-c3ccc4cnccc4c3)c2)cc1. The molecule has 0 bridgehead atoms. The molecule has 0 aliphatic carbocycles. The van der Waals surface area contributed by atoms with E-state index in [1.54, 1.807) is 6.20 Å². The summed E-state index contributed by atoms with van der Waals surface area (Å²) in [4.78, 5) is 8.49. The molecule has 0 amide bonds. The molecule has 4 rings (SSSR count). The Morgan fingerprint density at radius 3 is 2.56 bits per heavy atom. The average molecular weight is 326 g/mol. The summed E-state index contributed by atoms with van der Waals surface area (Å²) >= 11 is 0. The van der Waals surface area contributed by atoms with Gasteiger partial charge < -0.3 is 4.74 Å². The van der Waals surface area contributed by atoms with Gasteiger partial charge in [-0.2, -0.15) is 0 Å². The molecule has 2 aromatic heterocycles. The van der Waals surface area contributed by atoms with E-state index in [4.69, 9.17) is 4.74 Å². The first-order chi connectivity index (χ1) is 12.4. The van der Waals surface area contributed by atoms with Crippen LogP contribution in [-0.2, 0) is 6.42 Å². The molecule has 0 aliphatic heterocycles. The maximum Gasteiger partial charge on any atom is 0.138 e. The van der Waals surface area contributed by atoms with E-state index in [1.807, 2.05) is 48.9 Å². The molecule has 122 valence electrons. The highest BCUT2D eigenvalue weighted by molar-refractivity contribution is 5.86. The van der Waals surface area contributed by atoms with E-state index in [0.717, 1.165) is 28.7 Å². The molecule has 0 spiro atoms. The zero-order chi connectivity index (χ0) is 16.9. The van der Waals surface area contributed by atoms with Crippen molar-refractivity contribution < 1.29 is 4.74 Å². The van der Waals surface area contributed by atoms with Crippen LogP contribution < -0.4 is 4.74 Å². The minimum absolute atomic E-state index is 0.637. The minimum Gasteiger partial charge on any atom is -0.492 e. The predicted molar refractivity (Wildman–Crippen MR) is 101 cm³/mol. The van der Waals surface area contributed by atoms with E-state index in [1.165, 1.54) is 10.9 Å². The van der Waals surface area contributed by atoms with E-state index in [0.29, 0.717) is 6.61 Å². The van der Waals surface area contributed by atoms with Crippen LogP contribution in [-0.4, -0.2) is 16.6 Å². The molecule has 3 heteroatoms. The maximum absolute atomic E-state index is 5.89. The van der Waals surface area contributed by atoms with Crippen LogP contribution in [0.2, 0.25) is 0 Å². The van der Waals surface area contributed by atoms with Crippen molar-refractivity contribution in [3.63, 3.8) is 0 Å². The van der Waals surface area contributed by atoms with E-state index < -0.39 is 0 Å². The second-order valence-electron chi connectivity index (χ2n) is 5.93. The third kappa shape index (κ3) is 3.66. The number of aromatic nitrogens is 2. The normalized spacial score (nSPS) is 10.7. The molecule has 0 N–H and O–H groups in total. The third-order valence-corrected chi connectivity index (χ3v) is 4.19. The quantitative estimate of drug-likeness (QED) is 0.522. The van der Waals surface area contributed by atoms with Gasteiger partial charge in [0, 0.05) is 36.0 Å². The summed E-state index contributed by atoms with van der Waals surface area (Å²) in [5.74, 6) is 0.795. The highest BCUT2D eigenvalue weighted by atomic mass is 16.5. The van der Waals surface area contributed by atoms with Gasteiger partial charge in [-0.05, 0) is 34.7 Å². The van der Waals surface area contributed by atoms with Crippen LogP contribution in [0.1, 0.15) is 5.56 Å². The summed E-state index contributed by atoms with van der Waals surface area (Å²) in [5, 5.41) is 2.30. The van der Waals surface area contributed by atoms with Gasteiger partial charge in [-0.15, -0.1) is 0 Å². The minimum atomic E-state index is 0.637. The Bertz CT molecular complexity index is 983. The molecule has 0 saturated heterocycles. The van der Waals surface area contributed by atoms with Gasteiger partial charge in [0.15, 0.2) is 0 Å². The van der Waals surface area contributed by atoms with Crippen LogP contribution in [0, 0.1) is 0 Å². The lowest BCUT2D eigenvalue weighted by Crippen LogP contribution is -2.01. The Kier molecular flexibility index (Phi) is 4.38. The van der Waals surface area contributed by atoms with Gasteiger partial charge in [0.1, 0.15) is 5.75 Å². The van der Waals surface area contributed by atoms with E-state index in [-0.39, 0.29) is 0 Å². The smallest absolute Gasteiger partial charge is 0.138 e. The molecule has 0 radical (unpaired) electrons. The van der Waals surface area contributed by atoms with Crippen molar-refractivity contribution in [1.29, 1.82) is 0 Å². The standard InChI is InChI=1S/C22H18N2O/c1-2-4-17(5-3-1)9-11-25-22-13-21(15-24-16-22)18-6-7-20-14-23-10-8-19(20)12-18/h1-8,10,12-16H,9,11H2. The van der Waals surface area contributed by atoms with Crippen LogP contribution in [0.15, 0.2) is 85.5 Å². The topological polar surface area (TPSA) is 35.0 Å². The van der Waals surface area contributed by atoms with E-state index >= 15 is 0 Å². The summed E-state index contributed by atoms with van der Waals surface area (Å²) in [7, 11) is 0. The van der Waals surface area contributed by atoms with Crippen LogP contribution >= 0.6 is 0 Å². The van der Waals surface area contributed by atoms with Crippen molar-refractivity contribution in [2.24, 2.45) is 0 Å². The first-order valence-corrected chi connectivity index (χ1v) is 8.34. The molecule has 0 aliphatic rings. The van der Waals surface area contributed by atoms with Crippen molar-refractivity contribution >= 4 is 10.8 Å². The Hall–Kier alpha value is -3.20. The fourth-order valence-corrected chi connectivity index (χ4v) is 2.85. The zero-order valence-corrected chi connectivity index (χ0v) is 13.8. The molecular weight excluding hydrogens is 308 g/mol. The van der Waals surface area contributed by atoms with Crippen molar-refractivity contribution in [3.05, 3.63) is 91.0 Å². The highest BCUT2D eigenvalue weighted by Crippen LogP contribution is 2.26. The lowest BCUT2D eigenvalue weighted by molar-refractivity contribution is 0.321. The van der Waals surface area contributed by atoms with Crippen LogP contribution in [0.25, 0.3) is 21.9 Å². The van der Waals surface area contributed by atoms with E-state index in [2.05, 4.69) is 40.3 Å². The summed E-state index contributed by atoms with van der Waals surface area (Å²) in [5.41, 5.74) is 3.45. The number of hydrogen-bond donors (Lipinski definition) is 0. The Labute approximate surface area is 147 Å². The second-order valence-corrected chi connectivity index (χ2v) is 5.93. The van der Waals surface area contributed by atoms with Gasteiger partial charge in [0.05, 0.1) is 12.8 Å². The van der Waals surface area contributed by atoms with Crippen LogP contribution in [0.3, 0.4) is 0 Å². The Morgan fingerprint density at radius 2 is 1.64 bits per heavy atom. The van der Waals surface area contributed by atoms with Gasteiger partial charge in [-0.3, -0.25) is 9.97 Å². The molecule has 2 aromatic carbocycles. The summed E-state index contributed by atoms with van der Waals surface area (Å²) in [6, 6.07) is 20.7. The van der Waals surface area contributed by atoms with Crippen molar-refractivity contribution in [2.75, 3.05) is 6.61 Å². The molecule has 4 aromatic rings. The lowest BCUT2D eigenvalue weighted by atomic mass is 10.0. The molecule has 25 heavy (non-hydrogen) atoms. The first-order valence-electron chi connectivity index (χ1n) is 8.34. The lowest BCUT2D eigenvalue weighted by Gasteiger charge is -2.08. The van der Waals surface area contributed by atoms with Crippen molar-refractivity contribution in [2.45, 2.75) is 6.42 Å². The summed E-state index contributed by atoms with van der Waals surface area (Å²) in [6.45, 7) is 0.637. The number of nitrogens with zero attached hydrogens (tertiary/aromatic N) is 2. The summed E-state index contributed by atoms with van der Waals surface area (Å²) in [6.07, 6.45) is 8.20. The van der Waals surface area contributed by atoms with Crippen LogP contribution in [0.4, 0.5) is 0 Å². The number of hydrogen-bond acceptors (Lipinski definition) is 3. The van der Waals surface area contributed by atoms with Crippen molar-refractivity contribution in [3.8, 4) is 16.9 Å². The average Bonchev–Trinajstić information content (AvgIpc) is 2.69. The Morgan fingerprint density at radius 1 is 0.720 bits per heavy atom. The van der Waals surface area contributed by atoms with Gasteiger partial charge in [0.25, 0.3) is 0 Å². The molecule has 2 heterocycles. The number of pyridine rings is 2. The largest absolute Gasteiger partial charge is 0.492 e. The number of fused-ring (bicyclic) bond motifs is 1. The molecule has 3 nitrogen and oxygen atoms in total.